The van der Waals surface area contributed by atoms with Crippen molar-refractivity contribution in [3.63, 3.8) is 0 Å². The Labute approximate surface area is 213 Å². The first kappa shape index (κ1) is 21.8. The van der Waals surface area contributed by atoms with E-state index in [1.807, 2.05) is 78.9 Å². The molecular weight excluding hydrogens is 466 g/mol. The molecule has 0 unspecified atom stereocenters. The third kappa shape index (κ3) is 3.73. The molecule has 36 heavy (non-hydrogen) atoms. The number of fused-ring (bicyclic) bond motifs is 1. The van der Waals surface area contributed by atoms with E-state index in [4.69, 9.17) is 16.2 Å². The van der Waals surface area contributed by atoms with Gasteiger partial charge in [-0.25, -0.2) is 4.63 Å². The second-order valence-corrected chi connectivity index (χ2v) is 8.77. The standard InChI is InChI=1S/C31H18ClN3O/c32-29-23(22-11-6-8-20(18-22)19-33)14-7-15-27(29)25-12-4-5-13-26(25)28-17-16-24(21-9-2-1-3-10-21)30-31(28)35-36-34-30/h1-18H. The van der Waals surface area contributed by atoms with Crippen molar-refractivity contribution in [3.05, 3.63) is 120 Å². The average Bonchev–Trinajstić information content (AvgIpc) is 3.43. The van der Waals surface area contributed by atoms with Crippen LogP contribution in [-0.2, 0) is 0 Å². The Balaban J connectivity index is 1.53. The van der Waals surface area contributed by atoms with Crippen molar-refractivity contribution < 1.29 is 4.63 Å². The fourth-order valence-corrected chi connectivity index (χ4v) is 4.94. The molecule has 1 heterocycles. The molecular formula is C31H18ClN3O. The van der Waals surface area contributed by atoms with Gasteiger partial charge in [0.15, 0.2) is 0 Å². The summed E-state index contributed by atoms with van der Waals surface area (Å²) in [5.74, 6) is 0. The molecule has 5 aromatic carbocycles. The molecule has 0 aliphatic heterocycles. The molecule has 0 fully saturated rings. The van der Waals surface area contributed by atoms with Crippen LogP contribution in [0.4, 0.5) is 0 Å². The first-order chi connectivity index (χ1) is 17.7. The van der Waals surface area contributed by atoms with Crippen molar-refractivity contribution in [2.24, 2.45) is 0 Å². The lowest BCUT2D eigenvalue weighted by molar-refractivity contribution is 0.315. The van der Waals surface area contributed by atoms with Gasteiger partial charge in [0.2, 0.25) is 0 Å². The zero-order valence-corrected chi connectivity index (χ0v) is 19.8. The average molecular weight is 484 g/mol. The molecule has 0 N–H and O–H groups in total. The van der Waals surface area contributed by atoms with Crippen molar-refractivity contribution in [2.75, 3.05) is 0 Å². The molecule has 0 saturated heterocycles. The van der Waals surface area contributed by atoms with Gasteiger partial charge in [-0.05, 0) is 44.7 Å². The zero-order chi connectivity index (χ0) is 24.5. The van der Waals surface area contributed by atoms with Crippen LogP contribution in [-0.4, -0.2) is 10.3 Å². The molecule has 6 aromatic rings. The molecule has 5 heteroatoms. The van der Waals surface area contributed by atoms with Gasteiger partial charge in [-0.2, -0.15) is 5.26 Å². The van der Waals surface area contributed by atoms with Crippen LogP contribution < -0.4 is 0 Å². The first-order valence-corrected chi connectivity index (χ1v) is 11.8. The summed E-state index contributed by atoms with van der Waals surface area (Å²) in [5.41, 5.74) is 9.52. The molecule has 170 valence electrons. The number of nitriles is 1. The van der Waals surface area contributed by atoms with Crippen molar-refractivity contribution in [2.45, 2.75) is 0 Å². The highest BCUT2D eigenvalue weighted by Gasteiger charge is 2.19. The number of rotatable bonds is 4. The van der Waals surface area contributed by atoms with Crippen LogP contribution in [0, 0.1) is 11.3 Å². The van der Waals surface area contributed by atoms with Gasteiger partial charge in [-0.1, -0.05) is 109 Å². The van der Waals surface area contributed by atoms with Crippen molar-refractivity contribution in [1.82, 2.24) is 10.3 Å². The van der Waals surface area contributed by atoms with Crippen molar-refractivity contribution in [1.29, 1.82) is 5.26 Å². The summed E-state index contributed by atoms with van der Waals surface area (Å²) in [5, 5.41) is 18.5. The lowest BCUT2D eigenvalue weighted by Gasteiger charge is -2.15. The van der Waals surface area contributed by atoms with Gasteiger partial charge in [-0.15, -0.1) is 0 Å². The van der Waals surface area contributed by atoms with Gasteiger partial charge in [0.05, 0.1) is 16.7 Å². The van der Waals surface area contributed by atoms with Crippen LogP contribution in [0.2, 0.25) is 5.02 Å². The van der Waals surface area contributed by atoms with Crippen molar-refractivity contribution in [3.8, 4) is 50.6 Å². The zero-order valence-electron chi connectivity index (χ0n) is 19.0. The number of nitrogens with zero attached hydrogens (tertiary/aromatic N) is 3. The molecule has 0 radical (unpaired) electrons. The lowest BCUT2D eigenvalue weighted by atomic mass is 9.90. The fraction of sp³-hybridized carbons (Fsp3) is 0. The maximum absolute atomic E-state index is 9.33. The molecule has 1 aromatic heterocycles. The third-order valence-corrected chi connectivity index (χ3v) is 6.72. The molecule has 0 aliphatic rings. The fourth-order valence-electron chi connectivity index (χ4n) is 4.61. The van der Waals surface area contributed by atoms with E-state index in [9.17, 15) is 5.26 Å². The smallest absolute Gasteiger partial charge is 0.143 e. The predicted molar refractivity (Wildman–Crippen MR) is 143 cm³/mol. The molecule has 0 amide bonds. The van der Waals surface area contributed by atoms with Crippen LogP contribution in [0.3, 0.4) is 0 Å². The molecule has 0 aliphatic carbocycles. The normalized spacial score (nSPS) is 10.9. The minimum atomic E-state index is 0.591. The summed E-state index contributed by atoms with van der Waals surface area (Å²) in [6.45, 7) is 0. The van der Waals surface area contributed by atoms with E-state index >= 15 is 0 Å². The highest BCUT2D eigenvalue weighted by atomic mass is 35.5. The second kappa shape index (κ2) is 9.14. The number of hydrogen-bond donors (Lipinski definition) is 0. The Bertz CT molecular complexity index is 1770. The summed E-state index contributed by atoms with van der Waals surface area (Å²) in [6, 6.07) is 37.9. The summed E-state index contributed by atoms with van der Waals surface area (Å²) in [4.78, 5) is 0. The van der Waals surface area contributed by atoms with E-state index in [1.165, 1.54) is 0 Å². The quantitative estimate of drug-likeness (QED) is 0.252. The Morgan fingerprint density at radius 2 is 1.14 bits per heavy atom. The number of aromatic nitrogens is 2. The Morgan fingerprint density at radius 3 is 1.92 bits per heavy atom. The van der Waals surface area contributed by atoms with E-state index < -0.39 is 0 Å². The Morgan fingerprint density at radius 1 is 0.556 bits per heavy atom. The number of halogens is 1. The van der Waals surface area contributed by atoms with E-state index in [2.05, 4.69) is 40.6 Å². The molecule has 0 atom stereocenters. The van der Waals surface area contributed by atoms with Crippen LogP contribution in [0.25, 0.3) is 55.5 Å². The molecule has 0 bridgehead atoms. The summed E-state index contributed by atoms with van der Waals surface area (Å²) in [6.07, 6.45) is 0. The van der Waals surface area contributed by atoms with Gasteiger partial charge >= 0.3 is 0 Å². The molecule has 0 spiro atoms. The Hall–Kier alpha value is -4.72. The highest BCUT2D eigenvalue weighted by molar-refractivity contribution is 6.36. The highest BCUT2D eigenvalue weighted by Crippen LogP contribution is 2.42. The van der Waals surface area contributed by atoms with Crippen LogP contribution in [0.1, 0.15) is 5.56 Å². The topological polar surface area (TPSA) is 62.7 Å². The van der Waals surface area contributed by atoms with E-state index in [0.717, 1.165) is 44.5 Å². The van der Waals surface area contributed by atoms with Crippen LogP contribution in [0.5, 0.6) is 0 Å². The van der Waals surface area contributed by atoms with Crippen LogP contribution >= 0.6 is 11.6 Å². The predicted octanol–water partition coefficient (Wildman–Crippen LogP) is 8.42. The van der Waals surface area contributed by atoms with E-state index in [-0.39, 0.29) is 0 Å². The number of hydrogen-bond acceptors (Lipinski definition) is 4. The lowest BCUT2D eigenvalue weighted by Crippen LogP contribution is -1.91. The molecule has 4 nitrogen and oxygen atoms in total. The molecule has 6 rings (SSSR count). The second-order valence-electron chi connectivity index (χ2n) is 8.39. The molecule has 0 saturated carbocycles. The van der Waals surface area contributed by atoms with E-state index in [0.29, 0.717) is 21.6 Å². The largest absolute Gasteiger partial charge is 0.243 e. The summed E-state index contributed by atoms with van der Waals surface area (Å²) < 4.78 is 5.20. The SMILES string of the molecule is N#Cc1cccc(-c2cccc(-c3ccccc3-c3ccc(-c4ccccc4)c4nonc34)c2Cl)c1. The van der Waals surface area contributed by atoms with Gasteiger partial charge < -0.3 is 0 Å². The van der Waals surface area contributed by atoms with Crippen LogP contribution in [0.15, 0.2) is 114 Å². The van der Waals surface area contributed by atoms with Crippen molar-refractivity contribution >= 4 is 22.6 Å². The summed E-state index contributed by atoms with van der Waals surface area (Å²) in [7, 11) is 0. The maximum atomic E-state index is 9.33. The van der Waals surface area contributed by atoms with Gasteiger partial charge in [-0.3, -0.25) is 0 Å². The van der Waals surface area contributed by atoms with E-state index in [1.54, 1.807) is 6.07 Å². The Kier molecular flexibility index (Phi) is 5.53. The maximum Gasteiger partial charge on any atom is 0.143 e. The minimum absolute atomic E-state index is 0.591. The van der Waals surface area contributed by atoms with Gasteiger partial charge in [0, 0.05) is 22.3 Å². The number of benzene rings is 5. The third-order valence-electron chi connectivity index (χ3n) is 6.31. The minimum Gasteiger partial charge on any atom is -0.243 e. The van der Waals surface area contributed by atoms with Gasteiger partial charge in [0.1, 0.15) is 11.0 Å². The monoisotopic (exact) mass is 483 g/mol. The first-order valence-electron chi connectivity index (χ1n) is 11.4. The van der Waals surface area contributed by atoms with Gasteiger partial charge in [0.25, 0.3) is 0 Å². The summed E-state index contributed by atoms with van der Waals surface area (Å²) >= 11 is 7.01.